The second-order valence-electron chi connectivity index (χ2n) is 5.49. The Balaban J connectivity index is 2.02. The molecule has 0 unspecified atom stereocenters. The molecule has 2 heterocycles. The van der Waals surface area contributed by atoms with Crippen molar-refractivity contribution >= 4 is 10.0 Å². The van der Waals surface area contributed by atoms with Gasteiger partial charge in [0.2, 0.25) is 10.0 Å². The maximum Gasteiger partial charge on any atom is 0.216 e. The van der Waals surface area contributed by atoms with Crippen LogP contribution < -0.4 is 0 Å². The van der Waals surface area contributed by atoms with Crippen molar-refractivity contribution in [1.29, 1.82) is 0 Å². The van der Waals surface area contributed by atoms with E-state index in [0.717, 1.165) is 25.0 Å². The summed E-state index contributed by atoms with van der Waals surface area (Å²) in [5.41, 5.74) is 1.05. The number of nitrogens with zero attached hydrogens (tertiary/aromatic N) is 2. The molecule has 0 amide bonds. The van der Waals surface area contributed by atoms with Gasteiger partial charge in [-0.1, -0.05) is 6.07 Å². The molecule has 1 fully saturated rings. The minimum atomic E-state index is -3.11. The molecule has 0 spiro atoms. The van der Waals surface area contributed by atoms with E-state index in [1.807, 2.05) is 18.2 Å². The Morgan fingerprint density at radius 3 is 2.84 bits per heavy atom. The van der Waals surface area contributed by atoms with Crippen molar-refractivity contribution in [3.63, 3.8) is 0 Å². The Kier molecular flexibility index (Phi) is 4.58. The Bertz CT molecular complexity index is 499. The first kappa shape index (κ1) is 14.5. The predicted octanol–water partition coefficient (Wildman–Crippen LogP) is 2.07. The molecule has 19 heavy (non-hydrogen) atoms. The molecule has 1 atom stereocenters. The summed E-state index contributed by atoms with van der Waals surface area (Å²) in [4.78, 5) is 4.33. The van der Waals surface area contributed by atoms with Gasteiger partial charge in [0.1, 0.15) is 0 Å². The summed E-state index contributed by atoms with van der Waals surface area (Å²) in [5.74, 6) is 0.386. The van der Waals surface area contributed by atoms with E-state index in [1.165, 1.54) is 0 Å². The van der Waals surface area contributed by atoms with Crippen LogP contribution in [0.5, 0.6) is 0 Å². The number of rotatable bonds is 4. The lowest BCUT2D eigenvalue weighted by molar-refractivity contribution is 0.262. The lowest BCUT2D eigenvalue weighted by Crippen LogP contribution is -2.43. The Morgan fingerprint density at radius 2 is 2.21 bits per heavy atom. The zero-order valence-electron chi connectivity index (χ0n) is 11.6. The monoisotopic (exact) mass is 282 g/mol. The topological polar surface area (TPSA) is 50.3 Å². The highest BCUT2D eigenvalue weighted by atomic mass is 32.2. The minimum Gasteiger partial charge on any atom is -0.261 e. The first-order valence-electron chi connectivity index (χ1n) is 6.89. The molecular weight excluding hydrogens is 260 g/mol. The first-order valence-corrected chi connectivity index (χ1v) is 8.39. The van der Waals surface area contributed by atoms with Gasteiger partial charge in [-0.05, 0) is 51.2 Å². The standard InChI is InChI=1S/C14H22N2O2S/c1-12(2)19(17,18)16-9-5-6-13(11-16)10-14-7-3-4-8-15-14/h3-4,7-8,12-13H,5-6,9-11H2,1-2H3/t13-/m0/s1. The van der Waals surface area contributed by atoms with Crippen LogP contribution in [0.2, 0.25) is 0 Å². The van der Waals surface area contributed by atoms with Crippen molar-refractivity contribution < 1.29 is 8.42 Å². The van der Waals surface area contributed by atoms with Gasteiger partial charge < -0.3 is 0 Å². The average molecular weight is 282 g/mol. The second kappa shape index (κ2) is 6.01. The van der Waals surface area contributed by atoms with E-state index < -0.39 is 10.0 Å². The number of hydrogen-bond donors (Lipinski definition) is 0. The van der Waals surface area contributed by atoms with Crippen LogP contribution in [0.15, 0.2) is 24.4 Å². The molecule has 4 nitrogen and oxygen atoms in total. The largest absolute Gasteiger partial charge is 0.261 e. The molecule has 1 aromatic heterocycles. The fourth-order valence-corrected chi connectivity index (χ4v) is 3.94. The smallest absolute Gasteiger partial charge is 0.216 e. The zero-order chi connectivity index (χ0) is 13.9. The molecule has 1 saturated heterocycles. The van der Waals surface area contributed by atoms with Crippen molar-refractivity contribution in [2.45, 2.75) is 38.4 Å². The molecule has 1 aromatic rings. The van der Waals surface area contributed by atoms with Crippen LogP contribution in [0.1, 0.15) is 32.4 Å². The van der Waals surface area contributed by atoms with Gasteiger partial charge in [0.05, 0.1) is 5.25 Å². The van der Waals surface area contributed by atoms with E-state index >= 15 is 0 Å². The Morgan fingerprint density at radius 1 is 1.42 bits per heavy atom. The van der Waals surface area contributed by atoms with Gasteiger partial charge in [0.15, 0.2) is 0 Å². The summed E-state index contributed by atoms with van der Waals surface area (Å²) >= 11 is 0. The van der Waals surface area contributed by atoms with Crippen LogP contribution in [-0.4, -0.2) is 36.0 Å². The summed E-state index contributed by atoms with van der Waals surface area (Å²) in [6.07, 6.45) is 4.69. The molecule has 0 radical (unpaired) electrons. The van der Waals surface area contributed by atoms with E-state index in [1.54, 1.807) is 24.3 Å². The number of hydrogen-bond acceptors (Lipinski definition) is 3. The lowest BCUT2D eigenvalue weighted by Gasteiger charge is -2.33. The van der Waals surface area contributed by atoms with Gasteiger partial charge in [-0.2, -0.15) is 0 Å². The molecule has 0 saturated carbocycles. The van der Waals surface area contributed by atoms with E-state index in [0.29, 0.717) is 19.0 Å². The van der Waals surface area contributed by atoms with Crippen LogP contribution in [0.3, 0.4) is 0 Å². The van der Waals surface area contributed by atoms with Crippen molar-refractivity contribution in [2.24, 2.45) is 5.92 Å². The number of piperidine rings is 1. The van der Waals surface area contributed by atoms with Gasteiger partial charge in [-0.25, -0.2) is 12.7 Å². The van der Waals surface area contributed by atoms with E-state index in [2.05, 4.69) is 4.98 Å². The van der Waals surface area contributed by atoms with Crippen molar-refractivity contribution in [3.8, 4) is 0 Å². The molecule has 106 valence electrons. The highest BCUT2D eigenvalue weighted by molar-refractivity contribution is 7.89. The van der Waals surface area contributed by atoms with Gasteiger partial charge in [0.25, 0.3) is 0 Å². The molecule has 0 aliphatic carbocycles. The number of sulfonamides is 1. The van der Waals surface area contributed by atoms with Crippen molar-refractivity contribution in [1.82, 2.24) is 9.29 Å². The third kappa shape index (κ3) is 3.54. The van der Waals surface area contributed by atoms with Gasteiger partial charge >= 0.3 is 0 Å². The number of pyridine rings is 1. The summed E-state index contributed by atoms with van der Waals surface area (Å²) in [6.45, 7) is 4.80. The molecular formula is C14H22N2O2S. The van der Waals surface area contributed by atoms with Gasteiger partial charge in [0, 0.05) is 25.0 Å². The highest BCUT2D eigenvalue weighted by Crippen LogP contribution is 2.23. The summed E-state index contributed by atoms with van der Waals surface area (Å²) in [5, 5.41) is -0.332. The fraction of sp³-hybridized carbons (Fsp3) is 0.643. The molecule has 0 aromatic carbocycles. The van der Waals surface area contributed by atoms with Crippen molar-refractivity contribution in [2.75, 3.05) is 13.1 Å². The van der Waals surface area contributed by atoms with Crippen LogP contribution in [-0.2, 0) is 16.4 Å². The van der Waals surface area contributed by atoms with Gasteiger partial charge in [-0.15, -0.1) is 0 Å². The molecule has 1 aliphatic heterocycles. The van der Waals surface area contributed by atoms with Crippen LogP contribution in [0.4, 0.5) is 0 Å². The SMILES string of the molecule is CC(C)S(=O)(=O)N1CCC[C@@H](Cc2ccccn2)C1. The predicted molar refractivity (Wildman–Crippen MR) is 76.3 cm³/mol. The average Bonchev–Trinajstić information content (AvgIpc) is 2.40. The second-order valence-corrected chi connectivity index (χ2v) is 7.97. The van der Waals surface area contributed by atoms with Crippen LogP contribution in [0.25, 0.3) is 0 Å². The minimum absolute atomic E-state index is 0.332. The molecule has 0 bridgehead atoms. The zero-order valence-corrected chi connectivity index (χ0v) is 12.4. The first-order chi connectivity index (χ1) is 9.00. The normalized spacial score (nSPS) is 21.7. The molecule has 0 N–H and O–H groups in total. The molecule has 2 rings (SSSR count). The third-order valence-corrected chi connectivity index (χ3v) is 5.90. The van der Waals surface area contributed by atoms with E-state index in [4.69, 9.17) is 0 Å². The van der Waals surface area contributed by atoms with Gasteiger partial charge in [-0.3, -0.25) is 4.98 Å². The fourth-order valence-electron chi connectivity index (χ4n) is 2.54. The Labute approximate surface area is 115 Å². The molecule has 1 aliphatic rings. The van der Waals surface area contributed by atoms with Crippen LogP contribution in [0, 0.1) is 5.92 Å². The summed E-state index contributed by atoms with van der Waals surface area (Å²) in [6, 6.07) is 5.89. The maximum atomic E-state index is 12.2. The lowest BCUT2D eigenvalue weighted by atomic mass is 9.94. The van der Waals surface area contributed by atoms with E-state index in [9.17, 15) is 8.42 Å². The third-order valence-electron chi connectivity index (χ3n) is 3.66. The molecule has 5 heteroatoms. The maximum absolute atomic E-state index is 12.2. The number of aromatic nitrogens is 1. The quantitative estimate of drug-likeness (QED) is 0.849. The Hall–Kier alpha value is -0.940. The summed E-state index contributed by atoms with van der Waals surface area (Å²) < 4.78 is 26.0. The highest BCUT2D eigenvalue weighted by Gasteiger charge is 2.30. The van der Waals surface area contributed by atoms with Crippen molar-refractivity contribution in [3.05, 3.63) is 30.1 Å². The van der Waals surface area contributed by atoms with E-state index in [-0.39, 0.29) is 5.25 Å². The van der Waals surface area contributed by atoms with Crippen LogP contribution >= 0.6 is 0 Å². The summed E-state index contributed by atoms with van der Waals surface area (Å²) in [7, 11) is -3.11.